The lowest BCUT2D eigenvalue weighted by atomic mass is 10.0. The van der Waals surface area contributed by atoms with Crippen molar-refractivity contribution in [2.24, 2.45) is 0 Å². The summed E-state index contributed by atoms with van der Waals surface area (Å²) in [6.45, 7) is 3.74. The van der Waals surface area contributed by atoms with Crippen LogP contribution in [0.15, 0.2) is 78.9 Å². The molecule has 0 atom stereocenters. The van der Waals surface area contributed by atoms with Crippen LogP contribution in [-0.4, -0.2) is 23.9 Å². The molecule has 0 radical (unpaired) electrons. The fourth-order valence-electron chi connectivity index (χ4n) is 4.16. The molecule has 0 bridgehead atoms. The van der Waals surface area contributed by atoms with Crippen LogP contribution in [-0.2, 0) is 17.9 Å². The van der Waals surface area contributed by atoms with E-state index in [-0.39, 0.29) is 5.91 Å². The van der Waals surface area contributed by atoms with Gasteiger partial charge in [0.25, 0.3) is 5.91 Å². The van der Waals surface area contributed by atoms with Crippen LogP contribution in [0.3, 0.4) is 0 Å². The van der Waals surface area contributed by atoms with Crippen molar-refractivity contribution in [3.63, 3.8) is 0 Å². The molecule has 4 rings (SSSR count). The maximum atomic E-state index is 13.3. The van der Waals surface area contributed by atoms with Gasteiger partial charge in [0.2, 0.25) is 0 Å². The summed E-state index contributed by atoms with van der Waals surface area (Å²) in [5, 5.41) is 3.77. The molecule has 1 fully saturated rings. The van der Waals surface area contributed by atoms with Gasteiger partial charge in [-0.1, -0.05) is 90.8 Å². The minimum absolute atomic E-state index is 0.108. The van der Waals surface area contributed by atoms with Gasteiger partial charge in [0.1, 0.15) is 0 Å². The number of nitrogens with zero attached hydrogens (tertiary/aromatic N) is 1. The highest BCUT2D eigenvalue weighted by Crippen LogP contribution is 2.24. The van der Waals surface area contributed by atoms with E-state index in [1.54, 1.807) is 0 Å². The van der Waals surface area contributed by atoms with E-state index in [0.717, 1.165) is 36.3 Å². The summed E-state index contributed by atoms with van der Waals surface area (Å²) in [7, 11) is 0. The third-order valence-electron chi connectivity index (χ3n) is 5.93. The predicted octanol–water partition coefficient (Wildman–Crippen LogP) is 6.18. The monoisotopic (exact) mass is 444 g/mol. The van der Waals surface area contributed by atoms with Crippen molar-refractivity contribution in [1.29, 1.82) is 0 Å². The van der Waals surface area contributed by atoms with Gasteiger partial charge < -0.3 is 5.32 Å². The van der Waals surface area contributed by atoms with Gasteiger partial charge >= 0.3 is 0 Å². The van der Waals surface area contributed by atoms with Gasteiger partial charge in [-0.3, -0.25) is 9.69 Å². The topological polar surface area (TPSA) is 32.3 Å². The van der Waals surface area contributed by atoms with E-state index in [0.29, 0.717) is 17.1 Å². The minimum atomic E-state index is -0.108. The van der Waals surface area contributed by atoms with Gasteiger partial charge in [0.05, 0.1) is 0 Å². The summed E-state index contributed by atoms with van der Waals surface area (Å²) in [6.07, 6.45) is 5.74. The highest BCUT2D eigenvalue weighted by atomic mass is 35.5. The predicted molar refractivity (Wildman–Crippen MR) is 133 cm³/mol. The van der Waals surface area contributed by atoms with Crippen molar-refractivity contribution in [2.45, 2.75) is 32.4 Å². The van der Waals surface area contributed by atoms with Crippen LogP contribution < -0.4 is 5.32 Å². The molecule has 0 saturated carbocycles. The molecule has 32 heavy (non-hydrogen) atoms. The molecular weight excluding hydrogens is 416 g/mol. The normalized spacial score (nSPS) is 14.8. The Balaban J connectivity index is 1.53. The second-order valence-corrected chi connectivity index (χ2v) is 8.64. The number of rotatable bonds is 7. The van der Waals surface area contributed by atoms with Gasteiger partial charge in [-0.15, -0.1) is 0 Å². The number of hydrogen-bond donors (Lipinski definition) is 1. The van der Waals surface area contributed by atoms with Gasteiger partial charge in [-0.25, -0.2) is 0 Å². The number of carbonyl (C=O) groups excluding carboxylic acids is 1. The van der Waals surface area contributed by atoms with E-state index < -0.39 is 0 Å². The van der Waals surface area contributed by atoms with E-state index >= 15 is 0 Å². The number of halogens is 1. The van der Waals surface area contributed by atoms with Crippen molar-refractivity contribution in [1.82, 2.24) is 10.2 Å². The third-order valence-corrected chi connectivity index (χ3v) is 6.28. The second kappa shape index (κ2) is 11.1. The van der Waals surface area contributed by atoms with Crippen LogP contribution in [0.25, 0.3) is 11.6 Å². The van der Waals surface area contributed by atoms with Crippen LogP contribution >= 0.6 is 11.6 Å². The summed E-state index contributed by atoms with van der Waals surface area (Å²) in [5.41, 5.74) is 4.75. The minimum Gasteiger partial charge on any atom is -0.348 e. The zero-order valence-corrected chi connectivity index (χ0v) is 19.0. The van der Waals surface area contributed by atoms with Gasteiger partial charge in [0.15, 0.2) is 0 Å². The Morgan fingerprint density at radius 2 is 1.50 bits per heavy atom. The molecule has 3 nitrogen and oxygen atoms in total. The number of likely N-dealkylation sites (tertiary alicyclic amines) is 1. The lowest BCUT2D eigenvalue weighted by Gasteiger charge is -2.27. The average Bonchev–Trinajstić information content (AvgIpc) is 2.84. The first-order valence-corrected chi connectivity index (χ1v) is 11.7. The molecule has 164 valence electrons. The zero-order valence-electron chi connectivity index (χ0n) is 18.3. The molecular formula is C28H29ClN2O. The van der Waals surface area contributed by atoms with Crippen LogP contribution in [0.1, 0.15) is 41.5 Å². The first-order chi connectivity index (χ1) is 15.7. The Hall–Kier alpha value is -2.88. The number of nitrogens with one attached hydrogen (secondary N) is 1. The Morgan fingerprint density at radius 1 is 0.844 bits per heavy atom. The van der Waals surface area contributed by atoms with Crippen LogP contribution in [0.2, 0.25) is 5.02 Å². The Labute approximate surface area is 195 Å². The van der Waals surface area contributed by atoms with Crippen LogP contribution in [0.5, 0.6) is 0 Å². The molecule has 1 N–H and O–H groups in total. The summed E-state index contributed by atoms with van der Waals surface area (Å²) >= 11 is 6.37. The molecule has 1 amide bonds. The van der Waals surface area contributed by atoms with Gasteiger partial charge in [-0.05, 0) is 60.3 Å². The zero-order chi connectivity index (χ0) is 22.2. The van der Waals surface area contributed by atoms with E-state index in [1.807, 2.05) is 66.7 Å². The first-order valence-electron chi connectivity index (χ1n) is 11.3. The largest absolute Gasteiger partial charge is 0.348 e. The molecule has 1 aliphatic rings. The molecule has 1 saturated heterocycles. The SMILES string of the molecule is O=C(NCc1ccccc1CN1CCCCC1)/C(=C/c1ccccc1Cl)c1ccccc1. The highest BCUT2D eigenvalue weighted by molar-refractivity contribution is 6.33. The molecule has 0 aromatic heterocycles. The summed E-state index contributed by atoms with van der Waals surface area (Å²) in [6, 6.07) is 25.7. The maximum Gasteiger partial charge on any atom is 0.252 e. The van der Waals surface area contributed by atoms with Gasteiger partial charge in [0, 0.05) is 23.7 Å². The van der Waals surface area contributed by atoms with Crippen molar-refractivity contribution >= 4 is 29.2 Å². The maximum absolute atomic E-state index is 13.3. The number of carbonyl (C=O) groups is 1. The first kappa shape index (κ1) is 22.3. The van der Waals surface area contributed by atoms with E-state index in [9.17, 15) is 4.79 Å². The van der Waals surface area contributed by atoms with Crippen molar-refractivity contribution in [3.05, 3.63) is 106 Å². The lowest BCUT2D eigenvalue weighted by Crippen LogP contribution is -2.30. The molecule has 1 heterocycles. The summed E-state index contributed by atoms with van der Waals surface area (Å²) < 4.78 is 0. The van der Waals surface area contributed by atoms with E-state index in [2.05, 4.69) is 28.4 Å². The molecule has 3 aromatic carbocycles. The lowest BCUT2D eigenvalue weighted by molar-refractivity contribution is -0.115. The molecule has 0 aliphatic carbocycles. The number of amides is 1. The van der Waals surface area contributed by atoms with Crippen molar-refractivity contribution in [2.75, 3.05) is 13.1 Å². The number of hydrogen-bond acceptors (Lipinski definition) is 2. The molecule has 3 aromatic rings. The highest BCUT2D eigenvalue weighted by Gasteiger charge is 2.15. The molecule has 0 unspecified atom stereocenters. The molecule has 4 heteroatoms. The standard InChI is InChI=1S/C28H29ClN2O/c29-27-16-8-7-13-23(27)19-26(22-11-3-1-4-12-22)28(32)30-20-24-14-5-6-15-25(24)21-31-17-9-2-10-18-31/h1,3-8,11-16,19H,2,9-10,17-18,20-21H2,(H,30,32)/b26-19+. The van der Waals surface area contributed by atoms with Crippen molar-refractivity contribution in [3.8, 4) is 0 Å². The molecule has 0 spiro atoms. The average molecular weight is 445 g/mol. The Morgan fingerprint density at radius 3 is 2.25 bits per heavy atom. The smallest absolute Gasteiger partial charge is 0.252 e. The van der Waals surface area contributed by atoms with E-state index in [4.69, 9.17) is 11.6 Å². The van der Waals surface area contributed by atoms with Crippen LogP contribution in [0, 0.1) is 0 Å². The third kappa shape index (κ3) is 5.87. The fourth-order valence-corrected chi connectivity index (χ4v) is 4.35. The molecule has 1 aliphatic heterocycles. The second-order valence-electron chi connectivity index (χ2n) is 8.23. The van der Waals surface area contributed by atoms with E-state index in [1.165, 1.54) is 24.8 Å². The Kier molecular flexibility index (Phi) is 7.76. The number of piperidine rings is 1. The van der Waals surface area contributed by atoms with Gasteiger partial charge in [-0.2, -0.15) is 0 Å². The van der Waals surface area contributed by atoms with Crippen LogP contribution in [0.4, 0.5) is 0 Å². The Bertz CT molecular complexity index is 1070. The fraction of sp³-hybridized carbons (Fsp3) is 0.250. The van der Waals surface area contributed by atoms with Crippen molar-refractivity contribution < 1.29 is 4.79 Å². The summed E-state index contributed by atoms with van der Waals surface area (Å²) in [4.78, 5) is 15.8. The number of benzene rings is 3. The summed E-state index contributed by atoms with van der Waals surface area (Å²) in [5.74, 6) is -0.108. The quantitative estimate of drug-likeness (QED) is 0.348.